The molecule has 3 fully saturated rings. The van der Waals surface area contributed by atoms with Gasteiger partial charge in [-0.2, -0.15) is 0 Å². The summed E-state index contributed by atoms with van der Waals surface area (Å²) >= 11 is 0. The van der Waals surface area contributed by atoms with Gasteiger partial charge >= 0.3 is 0 Å². The highest BCUT2D eigenvalue weighted by Gasteiger charge is 2.54. The molecule has 1 saturated heterocycles. The van der Waals surface area contributed by atoms with Crippen molar-refractivity contribution in [1.29, 1.82) is 0 Å². The van der Waals surface area contributed by atoms with Gasteiger partial charge < -0.3 is 4.74 Å². The van der Waals surface area contributed by atoms with Gasteiger partial charge in [0.2, 0.25) is 0 Å². The number of fused-ring (bicyclic) bond motifs is 3. The molecule has 1 nitrogen and oxygen atoms in total. The fourth-order valence-corrected chi connectivity index (χ4v) is 4.27. The molecule has 7 unspecified atom stereocenters. The SMILES string of the molecule is CCC1CCC2C3CCCC(F)C3OC2C1F. The van der Waals surface area contributed by atoms with E-state index in [9.17, 15) is 8.78 Å². The van der Waals surface area contributed by atoms with Crippen molar-refractivity contribution in [3.63, 3.8) is 0 Å². The van der Waals surface area contributed by atoms with Gasteiger partial charge in [-0.1, -0.05) is 19.8 Å². The third kappa shape index (κ3) is 1.81. The molecule has 0 spiro atoms. The number of hydrogen-bond acceptors (Lipinski definition) is 1. The fourth-order valence-electron chi connectivity index (χ4n) is 4.27. The van der Waals surface area contributed by atoms with Gasteiger partial charge in [0.15, 0.2) is 0 Å². The molecule has 2 saturated carbocycles. The molecule has 0 N–H and O–H groups in total. The summed E-state index contributed by atoms with van der Waals surface area (Å²) in [5, 5.41) is 0. The van der Waals surface area contributed by atoms with Gasteiger partial charge in [0, 0.05) is 0 Å². The van der Waals surface area contributed by atoms with Crippen LogP contribution in [0, 0.1) is 17.8 Å². The second-order valence-electron chi connectivity index (χ2n) is 6.03. The van der Waals surface area contributed by atoms with Gasteiger partial charge in [0.25, 0.3) is 0 Å². The summed E-state index contributed by atoms with van der Waals surface area (Å²) in [7, 11) is 0. The zero-order valence-corrected chi connectivity index (χ0v) is 10.4. The summed E-state index contributed by atoms with van der Waals surface area (Å²) < 4.78 is 33.9. The summed E-state index contributed by atoms with van der Waals surface area (Å²) in [5.74, 6) is 0.714. The van der Waals surface area contributed by atoms with Crippen molar-refractivity contribution in [2.45, 2.75) is 70.0 Å². The summed E-state index contributed by atoms with van der Waals surface area (Å²) in [4.78, 5) is 0. The van der Waals surface area contributed by atoms with Crippen molar-refractivity contribution in [2.24, 2.45) is 17.8 Å². The smallest absolute Gasteiger partial charge is 0.129 e. The van der Waals surface area contributed by atoms with Crippen LogP contribution in [0.25, 0.3) is 0 Å². The van der Waals surface area contributed by atoms with Crippen LogP contribution < -0.4 is 0 Å². The Kier molecular flexibility index (Phi) is 3.14. The van der Waals surface area contributed by atoms with Gasteiger partial charge in [-0.05, 0) is 43.4 Å². The molecule has 0 radical (unpaired) electrons. The zero-order chi connectivity index (χ0) is 12.0. The number of ether oxygens (including phenoxy) is 1. The highest BCUT2D eigenvalue weighted by Crippen LogP contribution is 2.50. The minimum absolute atomic E-state index is 0.134. The van der Waals surface area contributed by atoms with Crippen molar-refractivity contribution in [1.82, 2.24) is 0 Å². The predicted molar refractivity (Wildman–Crippen MR) is 62.3 cm³/mol. The van der Waals surface area contributed by atoms with E-state index in [4.69, 9.17) is 4.74 Å². The first kappa shape index (κ1) is 11.9. The molecule has 0 aromatic carbocycles. The first-order valence-corrected chi connectivity index (χ1v) is 7.16. The molecule has 0 aromatic heterocycles. The van der Waals surface area contributed by atoms with Crippen LogP contribution in [0.15, 0.2) is 0 Å². The molecule has 7 atom stereocenters. The van der Waals surface area contributed by atoms with Crippen LogP contribution in [0.5, 0.6) is 0 Å². The highest BCUT2D eigenvalue weighted by molar-refractivity contribution is 5.02. The Morgan fingerprint density at radius 2 is 1.76 bits per heavy atom. The maximum Gasteiger partial charge on any atom is 0.129 e. The van der Waals surface area contributed by atoms with Crippen LogP contribution in [0.1, 0.15) is 45.4 Å². The quantitative estimate of drug-likeness (QED) is 0.684. The average molecular weight is 244 g/mol. The van der Waals surface area contributed by atoms with E-state index in [0.29, 0.717) is 12.3 Å². The molecule has 3 aliphatic rings. The first-order chi connectivity index (χ1) is 8.22. The Morgan fingerprint density at radius 3 is 2.53 bits per heavy atom. The molecule has 1 aliphatic heterocycles. The van der Waals surface area contributed by atoms with E-state index in [1.165, 1.54) is 0 Å². The van der Waals surface area contributed by atoms with E-state index in [-0.39, 0.29) is 24.0 Å². The van der Waals surface area contributed by atoms with Gasteiger partial charge in [-0.15, -0.1) is 0 Å². The van der Waals surface area contributed by atoms with Crippen LogP contribution >= 0.6 is 0 Å². The second kappa shape index (κ2) is 4.49. The lowest BCUT2D eigenvalue weighted by atomic mass is 9.69. The van der Waals surface area contributed by atoms with Crippen molar-refractivity contribution in [2.75, 3.05) is 0 Å². The topological polar surface area (TPSA) is 9.23 Å². The molecule has 0 amide bonds. The Morgan fingerprint density at radius 1 is 1.00 bits per heavy atom. The molecule has 98 valence electrons. The van der Waals surface area contributed by atoms with Crippen molar-refractivity contribution in [3.8, 4) is 0 Å². The number of hydrogen-bond donors (Lipinski definition) is 0. The maximum absolute atomic E-state index is 14.3. The zero-order valence-electron chi connectivity index (χ0n) is 10.4. The van der Waals surface area contributed by atoms with Gasteiger partial charge in [0.1, 0.15) is 12.3 Å². The molecular formula is C14H22F2O. The second-order valence-corrected chi connectivity index (χ2v) is 6.03. The number of rotatable bonds is 1. The van der Waals surface area contributed by atoms with Gasteiger partial charge in [-0.3, -0.25) is 0 Å². The minimum Gasteiger partial charge on any atom is -0.368 e. The van der Waals surface area contributed by atoms with Gasteiger partial charge in [-0.25, -0.2) is 8.78 Å². The van der Waals surface area contributed by atoms with Crippen molar-refractivity contribution in [3.05, 3.63) is 0 Å². The number of halogens is 2. The van der Waals surface area contributed by atoms with Crippen LogP contribution in [0.3, 0.4) is 0 Å². The molecule has 3 heteroatoms. The molecule has 2 aliphatic carbocycles. The molecule has 1 heterocycles. The van der Waals surface area contributed by atoms with Crippen molar-refractivity contribution < 1.29 is 13.5 Å². The summed E-state index contributed by atoms with van der Waals surface area (Å²) in [6.07, 6.45) is 3.14. The Labute approximate surface area is 102 Å². The summed E-state index contributed by atoms with van der Waals surface area (Å²) in [5.41, 5.74) is 0. The molecular weight excluding hydrogens is 222 g/mol. The largest absolute Gasteiger partial charge is 0.368 e. The Bertz CT molecular complexity index is 283. The summed E-state index contributed by atoms with van der Waals surface area (Å²) in [6, 6.07) is 0. The minimum atomic E-state index is -0.864. The Balaban J connectivity index is 1.78. The first-order valence-electron chi connectivity index (χ1n) is 7.16. The van der Waals surface area contributed by atoms with E-state index in [1.807, 2.05) is 6.92 Å². The molecule has 0 bridgehead atoms. The summed E-state index contributed by atoms with van der Waals surface area (Å²) in [6.45, 7) is 2.04. The van der Waals surface area contributed by atoms with E-state index in [1.54, 1.807) is 0 Å². The monoisotopic (exact) mass is 244 g/mol. The van der Waals surface area contributed by atoms with Crippen LogP contribution in [0.2, 0.25) is 0 Å². The molecule has 3 rings (SSSR count). The lowest BCUT2D eigenvalue weighted by Gasteiger charge is -2.36. The van der Waals surface area contributed by atoms with E-state index >= 15 is 0 Å². The maximum atomic E-state index is 14.3. The van der Waals surface area contributed by atoms with Crippen LogP contribution in [-0.2, 0) is 4.74 Å². The van der Waals surface area contributed by atoms with Crippen LogP contribution in [-0.4, -0.2) is 24.6 Å². The lowest BCUT2D eigenvalue weighted by molar-refractivity contribution is -0.0767. The molecule has 0 aromatic rings. The van der Waals surface area contributed by atoms with E-state index in [0.717, 1.165) is 32.1 Å². The third-order valence-electron chi connectivity index (χ3n) is 5.24. The van der Waals surface area contributed by atoms with Crippen molar-refractivity contribution >= 4 is 0 Å². The number of alkyl halides is 2. The predicted octanol–water partition coefficient (Wildman–Crippen LogP) is 3.67. The third-order valence-corrected chi connectivity index (χ3v) is 5.24. The van der Waals surface area contributed by atoms with E-state index < -0.39 is 12.3 Å². The average Bonchev–Trinajstić information content (AvgIpc) is 2.71. The van der Waals surface area contributed by atoms with Gasteiger partial charge in [0.05, 0.1) is 12.2 Å². The van der Waals surface area contributed by atoms with E-state index in [2.05, 4.69) is 0 Å². The van der Waals surface area contributed by atoms with Crippen LogP contribution in [0.4, 0.5) is 8.78 Å². The lowest BCUT2D eigenvalue weighted by Crippen LogP contribution is -2.40. The standard InChI is InChI=1S/C14H22F2O/c1-2-8-6-7-10-9-4-3-5-11(15)13(9)17-14(10)12(8)16/h8-14H,2-7H2,1H3. The molecule has 17 heavy (non-hydrogen) atoms. The fraction of sp³-hybridized carbons (Fsp3) is 1.00. The highest BCUT2D eigenvalue weighted by atomic mass is 19.1. The normalized spacial score (nSPS) is 54.2. The Hall–Kier alpha value is -0.180.